The zero-order chi connectivity index (χ0) is 19.2. The first-order chi connectivity index (χ1) is 13.0. The second-order valence-electron chi connectivity index (χ2n) is 5.82. The summed E-state index contributed by atoms with van der Waals surface area (Å²) in [7, 11) is 0. The lowest BCUT2D eigenvalue weighted by molar-refractivity contribution is -0.120. The number of anilines is 1. The molecule has 2 N–H and O–H groups in total. The van der Waals surface area contributed by atoms with E-state index >= 15 is 0 Å². The zero-order valence-electron chi connectivity index (χ0n) is 14.2. The van der Waals surface area contributed by atoms with Crippen molar-refractivity contribution in [3.05, 3.63) is 98.6 Å². The van der Waals surface area contributed by atoms with Gasteiger partial charge in [-0.1, -0.05) is 72.3 Å². The number of hydrogen-bond donors (Lipinski definition) is 2. The van der Waals surface area contributed by atoms with Crippen LogP contribution >= 0.6 is 46.4 Å². The molecular weight excluding hydrogens is 491 g/mol. The summed E-state index contributed by atoms with van der Waals surface area (Å²) >= 11 is 13.7. The molecule has 0 radical (unpaired) electrons. The Morgan fingerprint density at radius 2 is 1.48 bits per heavy atom. The van der Waals surface area contributed by atoms with Crippen molar-refractivity contribution in [1.29, 1.82) is 0 Å². The summed E-state index contributed by atoms with van der Waals surface area (Å²) in [5, 5.41) is 6.53. The van der Waals surface area contributed by atoms with Gasteiger partial charge in [-0.2, -0.15) is 0 Å². The molecule has 1 amide bonds. The monoisotopic (exact) mass is 506 g/mol. The summed E-state index contributed by atoms with van der Waals surface area (Å²) < 4.78 is 1.02. The predicted octanol–water partition coefficient (Wildman–Crippen LogP) is 5.59. The van der Waals surface area contributed by atoms with Crippen molar-refractivity contribution < 1.29 is 4.79 Å². The van der Waals surface area contributed by atoms with Crippen LogP contribution in [0, 0.1) is 3.57 Å². The van der Waals surface area contributed by atoms with E-state index in [9.17, 15) is 4.79 Å². The molecular formula is C21H16ClIN2OS. The van der Waals surface area contributed by atoms with Gasteiger partial charge in [0.2, 0.25) is 5.91 Å². The third-order valence-corrected chi connectivity index (χ3v) is 5.13. The lowest BCUT2D eigenvalue weighted by Gasteiger charge is -2.19. The minimum absolute atomic E-state index is 0.202. The summed E-state index contributed by atoms with van der Waals surface area (Å²) in [6.45, 7) is 0. The van der Waals surface area contributed by atoms with Gasteiger partial charge in [-0.3, -0.25) is 4.79 Å². The molecule has 0 saturated carbocycles. The van der Waals surface area contributed by atoms with E-state index in [1.54, 1.807) is 0 Å². The molecule has 27 heavy (non-hydrogen) atoms. The van der Waals surface area contributed by atoms with Crippen molar-refractivity contribution in [2.24, 2.45) is 0 Å². The van der Waals surface area contributed by atoms with Crippen molar-refractivity contribution in [1.82, 2.24) is 5.32 Å². The van der Waals surface area contributed by atoms with Crippen LogP contribution in [0.5, 0.6) is 0 Å². The van der Waals surface area contributed by atoms with Crippen molar-refractivity contribution in [3.63, 3.8) is 0 Å². The molecule has 3 nitrogen and oxygen atoms in total. The van der Waals surface area contributed by atoms with Gasteiger partial charge in [0.05, 0.1) is 16.6 Å². The van der Waals surface area contributed by atoms with E-state index in [0.29, 0.717) is 10.7 Å². The lowest BCUT2D eigenvalue weighted by atomic mass is 9.90. The molecule has 3 rings (SSSR count). The third-order valence-electron chi connectivity index (χ3n) is 3.94. The number of nitrogens with one attached hydrogen (secondary N) is 2. The fourth-order valence-electron chi connectivity index (χ4n) is 2.71. The minimum atomic E-state index is -0.459. The van der Waals surface area contributed by atoms with Crippen LogP contribution < -0.4 is 10.6 Å². The quantitative estimate of drug-likeness (QED) is 0.358. The average Bonchev–Trinajstić information content (AvgIpc) is 2.66. The van der Waals surface area contributed by atoms with Crippen molar-refractivity contribution in [2.75, 3.05) is 5.32 Å². The number of carbonyl (C=O) groups is 1. The highest BCUT2D eigenvalue weighted by atomic mass is 127. The first-order valence-corrected chi connectivity index (χ1v) is 10.1. The molecule has 3 aromatic rings. The molecule has 0 unspecified atom stereocenters. The van der Waals surface area contributed by atoms with Crippen LogP contribution in [0.3, 0.4) is 0 Å². The largest absolute Gasteiger partial charge is 0.331 e. The molecule has 0 saturated heterocycles. The van der Waals surface area contributed by atoms with Gasteiger partial charge >= 0.3 is 0 Å². The molecule has 0 aliphatic rings. The molecule has 0 heterocycles. The Morgan fingerprint density at radius 3 is 2.00 bits per heavy atom. The van der Waals surface area contributed by atoms with Crippen molar-refractivity contribution in [2.45, 2.75) is 5.92 Å². The summed E-state index contributed by atoms with van der Waals surface area (Å²) in [5.41, 5.74) is 2.45. The molecule has 0 aliphatic heterocycles. The molecule has 0 aliphatic carbocycles. The molecule has 0 fully saturated rings. The Morgan fingerprint density at radius 1 is 0.926 bits per heavy atom. The Hall–Kier alpha value is -1.96. The highest BCUT2D eigenvalue weighted by Gasteiger charge is 2.23. The van der Waals surface area contributed by atoms with E-state index in [2.05, 4.69) is 33.2 Å². The molecule has 0 spiro atoms. The SMILES string of the molecule is O=C(NC(=S)Nc1ccc(I)cc1Cl)C(c1ccccc1)c1ccccc1. The highest BCUT2D eigenvalue weighted by molar-refractivity contribution is 14.1. The minimum Gasteiger partial charge on any atom is -0.331 e. The maximum atomic E-state index is 13.0. The van der Waals surface area contributed by atoms with Gasteiger partial charge < -0.3 is 10.6 Å². The maximum absolute atomic E-state index is 13.0. The lowest BCUT2D eigenvalue weighted by Crippen LogP contribution is -2.38. The van der Waals surface area contributed by atoms with Gasteiger partial charge in [0.1, 0.15) is 0 Å². The van der Waals surface area contributed by atoms with E-state index in [4.69, 9.17) is 23.8 Å². The van der Waals surface area contributed by atoms with Gasteiger partial charge in [0.15, 0.2) is 5.11 Å². The first-order valence-electron chi connectivity index (χ1n) is 8.21. The van der Waals surface area contributed by atoms with Gasteiger partial charge in [0, 0.05) is 3.57 Å². The van der Waals surface area contributed by atoms with Crippen LogP contribution in [-0.2, 0) is 4.79 Å². The van der Waals surface area contributed by atoms with Crippen molar-refractivity contribution >= 4 is 63.1 Å². The standard InChI is InChI=1S/C21H16ClIN2OS/c22-17-13-16(23)11-12-18(17)24-21(27)25-20(26)19(14-7-3-1-4-8-14)15-9-5-2-6-10-15/h1-13,19H,(H2,24,25,26,27). The van der Waals surface area contributed by atoms with Gasteiger partial charge in [-0.15, -0.1) is 0 Å². The van der Waals surface area contributed by atoms with Crippen LogP contribution in [-0.4, -0.2) is 11.0 Å². The van der Waals surface area contributed by atoms with Gasteiger partial charge in [0.25, 0.3) is 0 Å². The second kappa shape index (κ2) is 9.30. The number of hydrogen-bond acceptors (Lipinski definition) is 2. The van der Waals surface area contributed by atoms with Crippen LogP contribution in [0.25, 0.3) is 0 Å². The van der Waals surface area contributed by atoms with E-state index in [-0.39, 0.29) is 11.0 Å². The summed E-state index contributed by atoms with van der Waals surface area (Å²) in [4.78, 5) is 13.0. The van der Waals surface area contributed by atoms with E-state index in [0.717, 1.165) is 14.7 Å². The average molecular weight is 507 g/mol. The first kappa shape index (κ1) is 19.8. The fraction of sp³-hybridized carbons (Fsp3) is 0.0476. The number of rotatable bonds is 4. The van der Waals surface area contributed by atoms with Crippen molar-refractivity contribution in [3.8, 4) is 0 Å². The summed E-state index contributed by atoms with van der Waals surface area (Å²) in [6, 6.07) is 24.8. The molecule has 6 heteroatoms. The molecule has 0 atom stereocenters. The number of carbonyl (C=O) groups excluding carboxylic acids is 1. The normalized spacial score (nSPS) is 10.5. The number of thiocarbonyl (C=S) groups is 1. The summed E-state index contributed by atoms with van der Waals surface area (Å²) in [6.07, 6.45) is 0. The van der Waals surface area contributed by atoms with Gasteiger partial charge in [-0.25, -0.2) is 0 Å². The molecule has 0 bridgehead atoms. The Bertz CT molecular complexity index is 911. The summed E-state index contributed by atoms with van der Waals surface area (Å²) in [5.74, 6) is -0.661. The number of benzene rings is 3. The Balaban J connectivity index is 1.79. The van der Waals surface area contributed by atoms with Crippen LogP contribution in [0.1, 0.15) is 17.0 Å². The zero-order valence-corrected chi connectivity index (χ0v) is 17.9. The van der Waals surface area contributed by atoms with Crippen LogP contribution in [0.4, 0.5) is 5.69 Å². The molecule has 3 aromatic carbocycles. The van der Waals surface area contributed by atoms with E-state index in [1.807, 2.05) is 78.9 Å². The maximum Gasteiger partial charge on any atom is 0.238 e. The van der Waals surface area contributed by atoms with E-state index in [1.165, 1.54) is 0 Å². The van der Waals surface area contributed by atoms with Crippen LogP contribution in [0.2, 0.25) is 5.02 Å². The fourth-order valence-corrected chi connectivity index (χ4v) is 3.83. The number of halogens is 2. The second-order valence-corrected chi connectivity index (χ2v) is 7.88. The smallest absolute Gasteiger partial charge is 0.238 e. The van der Waals surface area contributed by atoms with Gasteiger partial charge in [-0.05, 0) is 64.1 Å². The molecule has 136 valence electrons. The van der Waals surface area contributed by atoms with Crippen LogP contribution in [0.15, 0.2) is 78.9 Å². The topological polar surface area (TPSA) is 41.1 Å². The Labute approximate surface area is 182 Å². The predicted molar refractivity (Wildman–Crippen MR) is 123 cm³/mol. The molecule has 0 aromatic heterocycles. The number of amides is 1. The third kappa shape index (κ3) is 5.28. The van der Waals surface area contributed by atoms with E-state index < -0.39 is 5.92 Å². The Kier molecular flexibility index (Phi) is 6.82. The highest BCUT2D eigenvalue weighted by Crippen LogP contribution is 2.26.